The first-order valence-electron chi connectivity index (χ1n) is 11.9. The zero-order valence-electron chi connectivity index (χ0n) is 19.9. The van der Waals surface area contributed by atoms with Crippen molar-refractivity contribution >= 4 is 15.7 Å². The number of hydrogen-bond acceptors (Lipinski definition) is 5. The van der Waals surface area contributed by atoms with Gasteiger partial charge in [0.05, 0.1) is 17.3 Å². The molecule has 0 aromatic heterocycles. The van der Waals surface area contributed by atoms with Gasteiger partial charge in [0.25, 0.3) is 0 Å². The van der Waals surface area contributed by atoms with Crippen LogP contribution in [0.1, 0.15) is 30.4 Å². The molecule has 1 fully saturated rings. The van der Waals surface area contributed by atoms with Crippen LogP contribution in [0, 0.1) is 0 Å². The van der Waals surface area contributed by atoms with E-state index in [1.165, 1.54) is 0 Å². The lowest BCUT2D eigenvalue weighted by Gasteiger charge is -2.32. The van der Waals surface area contributed by atoms with E-state index in [4.69, 9.17) is 9.47 Å². The second kappa shape index (κ2) is 11.4. The molecule has 6 nitrogen and oxygen atoms in total. The molecule has 3 aromatic carbocycles. The van der Waals surface area contributed by atoms with E-state index >= 15 is 0 Å². The van der Waals surface area contributed by atoms with Crippen molar-refractivity contribution in [2.75, 3.05) is 20.2 Å². The second-order valence-electron chi connectivity index (χ2n) is 8.70. The van der Waals surface area contributed by atoms with Crippen molar-refractivity contribution in [3.05, 3.63) is 90.0 Å². The summed E-state index contributed by atoms with van der Waals surface area (Å²) in [6.07, 6.45) is 1.86. The number of benzene rings is 3. The van der Waals surface area contributed by atoms with E-state index in [-0.39, 0.29) is 5.91 Å². The van der Waals surface area contributed by atoms with Gasteiger partial charge in [0.1, 0.15) is 6.61 Å². The summed E-state index contributed by atoms with van der Waals surface area (Å²) in [5.41, 5.74) is 2.05. The lowest BCUT2D eigenvalue weighted by atomic mass is 10.1. The molecule has 184 valence electrons. The highest BCUT2D eigenvalue weighted by atomic mass is 32.2. The molecule has 7 heteroatoms. The second-order valence-corrected chi connectivity index (χ2v) is 10.9. The summed E-state index contributed by atoms with van der Waals surface area (Å²) in [6, 6.07) is 24.2. The summed E-state index contributed by atoms with van der Waals surface area (Å²) in [6.45, 7) is 1.35. The molecule has 0 unspecified atom stereocenters. The third-order valence-electron chi connectivity index (χ3n) is 6.40. The highest BCUT2D eigenvalue weighted by molar-refractivity contribution is 7.92. The number of likely N-dealkylation sites (tertiary alicyclic amines) is 1. The number of amides is 1. The molecule has 0 spiro atoms. The monoisotopic (exact) mass is 493 g/mol. The van der Waals surface area contributed by atoms with Crippen LogP contribution >= 0.6 is 0 Å². The molecule has 1 aliphatic heterocycles. The van der Waals surface area contributed by atoms with Crippen LogP contribution in [0.4, 0.5) is 0 Å². The topological polar surface area (TPSA) is 72.9 Å². The zero-order chi connectivity index (χ0) is 24.7. The lowest BCUT2D eigenvalue weighted by molar-refractivity contribution is -0.132. The van der Waals surface area contributed by atoms with Gasteiger partial charge in [-0.05, 0) is 54.7 Å². The summed E-state index contributed by atoms with van der Waals surface area (Å²) >= 11 is 0. The predicted molar refractivity (Wildman–Crippen MR) is 135 cm³/mol. The Labute approximate surface area is 207 Å². The number of rotatable bonds is 9. The molecule has 35 heavy (non-hydrogen) atoms. The molecule has 0 radical (unpaired) electrons. The molecule has 1 amide bonds. The molecule has 1 heterocycles. The Hall–Kier alpha value is -3.32. The van der Waals surface area contributed by atoms with Gasteiger partial charge in [0.2, 0.25) is 5.91 Å². The molecule has 0 aliphatic carbocycles. The third-order valence-corrected chi connectivity index (χ3v) is 8.68. The molecule has 4 rings (SSSR count). The van der Waals surface area contributed by atoms with Crippen molar-refractivity contribution in [3.63, 3.8) is 0 Å². The maximum Gasteiger partial charge on any atom is 0.222 e. The Kier molecular flexibility index (Phi) is 8.08. The van der Waals surface area contributed by atoms with E-state index < -0.39 is 15.1 Å². The van der Waals surface area contributed by atoms with E-state index in [9.17, 15) is 13.2 Å². The van der Waals surface area contributed by atoms with Gasteiger partial charge >= 0.3 is 0 Å². The summed E-state index contributed by atoms with van der Waals surface area (Å²) in [4.78, 5) is 15.0. The van der Waals surface area contributed by atoms with Crippen molar-refractivity contribution in [2.24, 2.45) is 0 Å². The van der Waals surface area contributed by atoms with Crippen LogP contribution in [0.2, 0.25) is 0 Å². The van der Waals surface area contributed by atoms with Gasteiger partial charge in [-0.25, -0.2) is 8.42 Å². The SMILES string of the molecule is COc1ccc(CCC(=O)N2CCC(S(=O)(=O)c3ccccc3)CC2)cc1OCc1ccccc1. The predicted octanol–water partition coefficient (Wildman–Crippen LogP) is 4.67. The standard InChI is InChI=1S/C28H31NO5S/c1-33-26-14-12-22(20-27(26)34-21-23-8-4-2-5-9-23)13-15-28(30)29-18-16-25(17-19-29)35(31,32)24-10-6-3-7-11-24/h2-12,14,20,25H,13,15-19,21H2,1H3. The van der Waals surface area contributed by atoms with Gasteiger partial charge < -0.3 is 14.4 Å². The Bertz CT molecular complexity index is 1220. The Balaban J connectivity index is 1.31. The molecule has 0 bridgehead atoms. The average molecular weight is 494 g/mol. The maximum absolute atomic E-state index is 12.9. The summed E-state index contributed by atoms with van der Waals surface area (Å²) < 4.78 is 37.2. The fourth-order valence-electron chi connectivity index (χ4n) is 4.35. The molecule has 3 aromatic rings. The number of carbonyl (C=O) groups excluding carboxylic acids is 1. The van der Waals surface area contributed by atoms with Gasteiger partial charge in [0.15, 0.2) is 21.3 Å². The maximum atomic E-state index is 12.9. The molecule has 0 saturated carbocycles. The van der Waals surface area contributed by atoms with Crippen molar-refractivity contribution in [1.82, 2.24) is 4.90 Å². The zero-order valence-corrected chi connectivity index (χ0v) is 20.7. The molecule has 0 N–H and O–H groups in total. The van der Waals surface area contributed by atoms with Gasteiger partial charge in [0, 0.05) is 19.5 Å². The van der Waals surface area contributed by atoms with E-state index in [0.29, 0.717) is 61.8 Å². The summed E-state index contributed by atoms with van der Waals surface area (Å²) in [5.74, 6) is 1.34. The number of methoxy groups -OCH3 is 1. The molecular formula is C28H31NO5S. The number of piperidine rings is 1. The first-order chi connectivity index (χ1) is 17.0. The van der Waals surface area contributed by atoms with E-state index in [2.05, 4.69) is 0 Å². The molecule has 1 saturated heterocycles. The number of ether oxygens (including phenoxy) is 2. The number of hydrogen-bond donors (Lipinski definition) is 0. The Morgan fingerprint density at radius 3 is 2.20 bits per heavy atom. The number of sulfone groups is 1. The minimum absolute atomic E-state index is 0.0446. The lowest BCUT2D eigenvalue weighted by Crippen LogP contribution is -2.42. The Morgan fingerprint density at radius 2 is 1.54 bits per heavy atom. The fraction of sp³-hybridized carbons (Fsp3) is 0.321. The van der Waals surface area contributed by atoms with Gasteiger partial charge in [-0.1, -0.05) is 54.6 Å². The van der Waals surface area contributed by atoms with E-state index in [0.717, 1.165) is 11.1 Å². The fourth-order valence-corrected chi connectivity index (χ4v) is 6.11. The first-order valence-corrected chi connectivity index (χ1v) is 13.4. The minimum atomic E-state index is -3.37. The normalized spacial score (nSPS) is 14.5. The van der Waals surface area contributed by atoms with Crippen LogP contribution in [0.15, 0.2) is 83.8 Å². The van der Waals surface area contributed by atoms with Crippen LogP contribution in [0.3, 0.4) is 0 Å². The number of carbonyl (C=O) groups is 1. The highest BCUT2D eigenvalue weighted by Gasteiger charge is 2.32. The van der Waals surface area contributed by atoms with Crippen LogP contribution in [0.5, 0.6) is 11.5 Å². The average Bonchev–Trinajstić information content (AvgIpc) is 2.91. The minimum Gasteiger partial charge on any atom is -0.493 e. The quantitative estimate of drug-likeness (QED) is 0.433. The van der Waals surface area contributed by atoms with Crippen molar-refractivity contribution in [3.8, 4) is 11.5 Å². The van der Waals surface area contributed by atoms with E-state index in [1.54, 1.807) is 36.3 Å². The van der Waals surface area contributed by atoms with Crippen molar-refractivity contribution < 1.29 is 22.7 Å². The molecular weight excluding hydrogens is 462 g/mol. The van der Waals surface area contributed by atoms with Crippen LogP contribution in [0.25, 0.3) is 0 Å². The van der Waals surface area contributed by atoms with Crippen molar-refractivity contribution in [2.45, 2.75) is 42.4 Å². The first kappa shape index (κ1) is 24.8. The van der Waals surface area contributed by atoms with Gasteiger partial charge in [-0.2, -0.15) is 0 Å². The van der Waals surface area contributed by atoms with Crippen LogP contribution in [-0.2, 0) is 27.7 Å². The van der Waals surface area contributed by atoms with Gasteiger partial charge in [-0.15, -0.1) is 0 Å². The number of aryl methyl sites for hydroxylation is 1. The molecule has 1 aliphatic rings. The number of nitrogens with zero attached hydrogens (tertiary/aromatic N) is 1. The molecule has 0 atom stereocenters. The smallest absolute Gasteiger partial charge is 0.222 e. The largest absolute Gasteiger partial charge is 0.493 e. The Morgan fingerprint density at radius 1 is 0.886 bits per heavy atom. The summed E-state index contributed by atoms with van der Waals surface area (Å²) in [5, 5.41) is -0.445. The van der Waals surface area contributed by atoms with Gasteiger partial charge in [-0.3, -0.25) is 4.79 Å². The van der Waals surface area contributed by atoms with Crippen molar-refractivity contribution in [1.29, 1.82) is 0 Å². The summed E-state index contributed by atoms with van der Waals surface area (Å²) in [7, 11) is -1.76. The van der Waals surface area contributed by atoms with Crippen LogP contribution < -0.4 is 9.47 Å². The third kappa shape index (κ3) is 6.22. The van der Waals surface area contributed by atoms with Crippen LogP contribution in [-0.4, -0.2) is 44.7 Å². The highest BCUT2D eigenvalue weighted by Crippen LogP contribution is 2.30. The van der Waals surface area contributed by atoms with E-state index in [1.807, 2.05) is 54.6 Å².